The Morgan fingerprint density at radius 3 is 2.79 bits per heavy atom. The van der Waals surface area contributed by atoms with Crippen LogP contribution in [0, 0.1) is 0 Å². The van der Waals surface area contributed by atoms with E-state index >= 15 is 0 Å². The third-order valence-corrected chi connectivity index (χ3v) is 1.35. The van der Waals surface area contributed by atoms with Crippen LogP contribution in [0.2, 0.25) is 0 Å². The predicted molar refractivity (Wildman–Crippen MR) is 48.6 cm³/mol. The number of carbonyl (C=O) groups is 2. The number of hydrogen-bond acceptors (Lipinski definition) is 3. The molecule has 0 unspecified atom stereocenters. The normalized spacial score (nSPS) is 10.4. The molecule has 6 nitrogen and oxygen atoms in total. The Balaban J connectivity index is 2.53. The lowest BCUT2D eigenvalue weighted by molar-refractivity contribution is -0.131. The van der Waals surface area contributed by atoms with Gasteiger partial charge in [-0.05, 0) is 0 Å². The fraction of sp³-hybridized carbons (Fsp3) is 0.125. The van der Waals surface area contributed by atoms with Crippen LogP contribution < -0.4 is 5.32 Å². The Morgan fingerprint density at radius 2 is 2.29 bits per heavy atom. The monoisotopic (exact) mass is 195 g/mol. The van der Waals surface area contributed by atoms with Crippen molar-refractivity contribution in [1.29, 1.82) is 0 Å². The van der Waals surface area contributed by atoms with E-state index in [1.807, 2.05) is 0 Å². The number of nitrogens with zero attached hydrogens (tertiary/aromatic N) is 2. The highest BCUT2D eigenvalue weighted by atomic mass is 16.4. The van der Waals surface area contributed by atoms with E-state index in [-0.39, 0.29) is 0 Å². The van der Waals surface area contributed by atoms with Crippen LogP contribution in [0.1, 0.15) is 0 Å². The van der Waals surface area contributed by atoms with Crippen molar-refractivity contribution in [3.63, 3.8) is 0 Å². The van der Waals surface area contributed by atoms with Crippen molar-refractivity contribution in [3.8, 4) is 0 Å². The van der Waals surface area contributed by atoms with Gasteiger partial charge in [0, 0.05) is 25.4 Å². The van der Waals surface area contributed by atoms with E-state index in [9.17, 15) is 9.59 Å². The van der Waals surface area contributed by atoms with E-state index in [4.69, 9.17) is 5.11 Å². The van der Waals surface area contributed by atoms with Crippen molar-refractivity contribution in [2.45, 2.75) is 0 Å². The van der Waals surface area contributed by atoms with Gasteiger partial charge in [0.15, 0.2) is 0 Å². The number of anilines is 1. The molecule has 0 aliphatic carbocycles. The van der Waals surface area contributed by atoms with Gasteiger partial charge in [-0.3, -0.25) is 9.48 Å². The zero-order valence-corrected chi connectivity index (χ0v) is 7.47. The van der Waals surface area contributed by atoms with Gasteiger partial charge in [-0.25, -0.2) is 4.79 Å². The predicted octanol–water partition coefficient (Wildman–Crippen LogP) is -0.000600. The number of aromatic nitrogens is 2. The molecule has 0 bridgehead atoms. The zero-order valence-electron chi connectivity index (χ0n) is 7.47. The summed E-state index contributed by atoms with van der Waals surface area (Å²) in [6.45, 7) is 0. The van der Waals surface area contributed by atoms with Crippen LogP contribution in [0.3, 0.4) is 0 Å². The number of hydrogen-bond donors (Lipinski definition) is 2. The SMILES string of the molecule is Cn1cc(NC(=O)/C=C\C(=O)O)cn1. The summed E-state index contributed by atoms with van der Waals surface area (Å²) in [5.74, 6) is -1.66. The average molecular weight is 195 g/mol. The van der Waals surface area contributed by atoms with Gasteiger partial charge in [0.1, 0.15) is 0 Å². The summed E-state index contributed by atoms with van der Waals surface area (Å²) in [6.07, 6.45) is 4.78. The minimum atomic E-state index is -1.16. The van der Waals surface area contributed by atoms with Gasteiger partial charge >= 0.3 is 5.97 Å². The molecule has 6 heteroatoms. The molecule has 0 radical (unpaired) electrons. The first-order valence-electron chi connectivity index (χ1n) is 3.78. The molecule has 74 valence electrons. The Labute approximate surface area is 79.8 Å². The number of nitrogens with one attached hydrogen (secondary N) is 1. The molecule has 1 heterocycles. The van der Waals surface area contributed by atoms with Gasteiger partial charge in [0.05, 0.1) is 11.9 Å². The molecule has 0 fully saturated rings. The molecule has 1 amide bonds. The maximum absolute atomic E-state index is 11.0. The van der Waals surface area contributed by atoms with Crippen molar-refractivity contribution < 1.29 is 14.7 Å². The Kier molecular flexibility index (Phi) is 3.01. The molecule has 0 spiro atoms. The van der Waals surface area contributed by atoms with Gasteiger partial charge in [-0.2, -0.15) is 5.10 Å². The third-order valence-electron chi connectivity index (χ3n) is 1.35. The lowest BCUT2D eigenvalue weighted by Gasteiger charge is -1.94. The van der Waals surface area contributed by atoms with Crippen molar-refractivity contribution in [2.24, 2.45) is 7.05 Å². The molecule has 14 heavy (non-hydrogen) atoms. The first-order valence-corrected chi connectivity index (χ1v) is 3.78. The van der Waals surface area contributed by atoms with Crippen LogP contribution >= 0.6 is 0 Å². The average Bonchev–Trinajstić information content (AvgIpc) is 2.48. The summed E-state index contributed by atoms with van der Waals surface area (Å²) in [5.41, 5.74) is 0.521. The second-order valence-corrected chi connectivity index (χ2v) is 2.56. The summed E-state index contributed by atoms with van der Waals surface area (Å²) in [5, 5.41) is 14.5. The van der Waals surface area contributed by atoms with Crippen LogP contribution in [0.4, 0.5) is 5.69 Å². The first-order chi connectivity index (χ1) is 6.58. The van der Waals surface area contributed by atoms with E-state index in [2.05, 4.69) is 10.4 Å². The van der Waals surface area contributed by atoms with Gasteiger partial charge in [0.25, 0.3) is 0 Å². The van der Waals surface area contributed by atoms with Gasteiger partial charge in [-0.1, -0.05) is 0 Å². The van der Waals surface area contributed by atoms with E-state index in [1.54, 1.807) is 13.2 Å². The van der Waals surface area contributed by atoms with E-state index in [0.29, 0.717) is 5.69 Å². The topological polar surface area (TPSA) is 84.2 Å². The number of aliphatic carboxylic acids is 1. The Bertz CT molecular complexity index is 381. The molecular formula is C8H9N3O3. The standard InChI is InChI=1S/C8H9N3O3/c1-11-5-6(4-9-11)10-7(12)2-3-8(13)14/h2-5H,1H3,(H,10,12)(H,13,14)/b3-2-. The fourth-order valence-electron chi connectivity index (χ4n) is 0.817. The summed E-state index contributed by atoms with van der Waals surface area (Å²) in [6, 6.07) is 0. The Morgan fingerprint density at radius 1 is 1.57 bits per heavy atom. The molecule has 1 rings (SSSR count). The van der Waals surface area contributed by atoms with Crippen LogP contribution in [0.25, 0.3) is 0 Å². The van der Waals surface area contributed by atoms with Crippen molar-refractivity contribution >= 4 is 17.6 Å². The third kappa shape index (κ3) is 3.10. The maximum atomic E-state index is 11.0. The summed E-state index contributed by atoms with van der Waals surface area (Å²) < 4.78 is 1.52. The molecule has 0 aliphatic heterocycles. The second-order valence-electron chi connectivity index (χ2n) is 2.56. The fourth-order valence-corrected chi connectivity index (χ4v) is 0.817. The Hall–Kier alpha value is -2.11. The second kappa shape index (κ2) is 4.22. The smallest absolute Gasteiger partial charge is 0.328 e. The molecule has 0 atom stereocenters. The minimum Gasteiger partial charge on any atom is -0.478 e. The van der Waals surface area contributed by atoms with Crippen molar-refractivity contribution in [3.05, 3.63) is 24.5 Å². The lowest BCUT2D eigenvalue weighted by atomic mass is 10.4. The van der Waals surface area contributed by atoms with Crippen molar-refractivity contribution in [1.82, 2.24) is 9.78 Å². The molecule has 0 saturated heterocycles. The number of carbonyl (C=O) groups excluding carboxylic acids is 1. The number of aryl methyl sites for hydroxylation is 1. The molecular weight excluding hydrogens is 186 g/mol. The van der Waals surface area contributed by atoms with E-state index < -0.39 is 11.9 Å². The van der Waals surface area contributed by atoms with Crippen LogP contribution in [-0.2, 0) is 16.6 Å². The molecule has 1 aromatic rings. The summed E-state index contributed by atoms with van der Waals surface area (Å²) in [7, 11) is 1.71. The highest BCUT2D eigenvalue weighted by molar-refractivity contribution is 6.02. The summed E-state index contributed by atoms with van der Waals surface area (Å²) >= 11 is 0. The number of carboxylic acids is 1. The van der Waals surface area contributed by atoms with Crippen LogP contribution in [-0.4, -0.2) is 26.8 Å². The largest absolute Gasteiger partial charge is 0.478 e. The number of rotatable bonds is 3. The van der Waals surface area contributed by atoms with Gasteiger partial charge < -0.3 is 10.4 Å². The number of carboxylic acid groups (broad SMARTS) is 1. The highest BCUT2D eigenvalue weighted by Crippen LogP contribution is 2.02. The molecule has 0 aliphatic rings. The maximum Gasteiger partial charge on any atom is 0.328 e. The summed E-state index contributed by atoms with van der Waals surface area (Å²) in [4.78, 5) is 21.1. The van der Waals surface area contributed by atoms with Crippen LogP contribution in [0.15, 0.2) is 24.5 Å². The molecule has 2 N–H and O–H groups in total. The molecule has 0 saturated carbocycles. The van der Waals surface area contributed by atoms with Crippen molar-refractivity contribution in [2.75, 3.05) is 5.32 Å². The van der Waals surface area contributed by atoms with Crippen LogP contribution in [0.5, 0.6) is 0 Å². The zero-order chi connectivity index (χ0) is 10.6. The first kappa shape index (κ1) is 9.97. The van der Waals surface area contributed by atoms with E-state index in [0.717, 1.165) is 12.2 Å². The molecule has 1 aromatic heterocycles. The quantitative estimate of drug-likeness (QED) is 0.665. The van der Waals surface area contributed by atoms with Gasteiger partial charge in [-0.15, -0.1) is 0 Å². The minimum absolute atomic E-state index is 0.500. The van der Waals surface area contributed by atoms with E-state index in [1.165, 1.54) is 10.9 Å². The highest BCUT2D eigenvalue weighted by Gasteiger charge is 1.99. The number of amides is 1. The lowest BCUT2D eigenvalue weighted by Crippen LogP contribution is -2.07. The van der Waals surface area contributed by atoms with Gasteiger partial charge in [0.2, 0.25) is 5.91 Å². The molecule has 0 aromatic carbocycles.